The Labute approximate surface area is 184 Å². The molecule has 2 aromatic heterocycles. The molecule has 3 aromatic rings. The van der Waals surface area contributed by atoms with E-state index < -0.39 is 0 Å². The average Bonchev–Trinajstić information content (AvgIpc) is 3.44. The van der Waals surface area contributed by atoms with Crippen LogP contribution in [0.5, 0.6) is 0 Å². The normalized spacial score (nSPS) is 16.3. The number of rotatable bonds is 8. The van der Waals surface area contributed by atoms with Crippen molar-refractivity contribution in [3.63, 3.8) is 0 Å². The van der Waals surface area contributed by atoms with Crippen LogP contribution in [-0.4, -0.2) is 51.4 Å². The van der Waals surface area contributed by atoms with Crippen molar-refractivity contribution in [2.24, 2.45) is 0 Å². The number of pyridine rings is 1. The monoisotopic (exact) mass is 439 g/mol. The number of anilines is 2. The molecule has 2 N–H and O–H groups in total. The summed E-state index contributed by atoms with van der Waals surface area (Å²) in [5.41, 5.74) is 1.87. The van der Waals surface area contributed by atoms with Gasteiger partial charge in [-0.25, -0.2) is 4.98 Å². The molecule has 1 fully saturated rings. The van der Waals surface area contributed by atoms with Gasteiger partial charge in [0.2, 0.25) is 11.7 Å². The molecule has 4 rings (SSSR count). The quantitative estimate of drug-likeness (QED) is 0.503. The molecular formula is C21H23N6O5-. The summed E-state index contributed by atoms with van der Waals surface area (Å²) in [6.45, 7) is 1.50. The molecule has 0 unspecified atom stereocenters. The van der Waals surface area contributed by atoms with E-state index in [1.54, 1.807) is 30.5 Å². The Balaban J connectivity index is 1.42. The second-order valence-corrected chi connectivity index (χ2v) is 7.44. The molecule has 1 atom stereocenters. The molecule has 1 aliphatic heterocycles. The van der Waals surface area contributed by atoms with Crippen LogP contribution in [0.1, 0.15) is 30.3 Å². The van der Waals surface area contributed by atoms with E-state index >= 15 is 0 Å². The average molecular weight is 439 g/mol. The van der Waals surface area contributed by atoms with E-state index in [4.69, 9.17) is 14.5 Å². The van der Waals surface area contributed by atoms with E-state index in [0.29, 0.717) is 29.6 Å². The van der Waals surface area contributed by atoms with E-state index in [9.17, 15) is 10.0 Å². The predicted octanol–water partition coefficient (Wildman–Crippen LogP) is 2.75. The van der Waals surface area contributed by atoms with Crippen LogP contribution in [0.4, 0.5) is 11.5 Å². The largest absolute Gasteiger partial charge is 0.733 e. The van der Waals surface area contributed by atoms with E-state index in [-0.39, 0.29) is 29.5 Å². The lowest BCUT2D eigenvalue weighted by Crippen LogP contribution is -2.23. The van der Waals surface area contributed by atoms with Crippen molar-refractivity contribution in [3.05, 3.63) is 59.3 Å². The molecule has 1 aromatic carbocycles. The van der Waals surface area contributed by atoms with Crippen LogP contribution in [0.3, 0.4) is 0 Å². The lowest BCUT2D eigenvalue weighted by molar-refractivity contribution is -0.119. The second kappa shape index (κ2) is 9.83. The fourth-order valence-electron chi connectivity index (χ4n) is 3.66. The molecule has 0 aliphatic carbocycles. The standard InChI is InChI=1S/C21H23N6O5/c1-31-13-19(28)23-18-9-6-15(11-22-18)20-24-21(32-25-20)17-3-2-10-26(17)12-14-4-7-16(8-5-14)27(29)30/h4-9,11,17,29H,2-3,10,12-13H2,1H3,(H,22,23,28)/q-1/t17-/m0/s1. The van der Waals surface area contributed by atoms with Gasteiger partial charge in [0.15, 0.2) is 0 Å². The SMILES string of the molecule is COCC(=O)Nc1ccc(-c2noc([C@@H]3CCCN3Cc3ccc(N([O-])O)cc3)n2)cn1. The molecule has 0 radical (unpaired) electrons. The Morgan fingerprint density at radius 3 is 2.84 bits per heavy atom. The van der Waals surface area contributed by atoms with Crippen molar-refractivity contribution in [3.8, 4) is 11.4 Å². The van der Waals surface area contributed by atoms with Crippen molar-refractivity contribution in [2.75, 3.05) is 30.8 Å². The molecule has 11 nitrogen and oxygen atoms in total. The summed E-state index contributed by atoms with van der Waals surface area (Å²) in [5.74, 6) is 1.09. The number of ether oxygens (including phenoxy) is 1. The zero-order valence-corrected chi connectivity index (χ0v) is 17.5. The maximum Gasteiger partial charge on any atom is 0.251 e. The van der Waals surface area contributed by atoms with E-state index in [1.807, 2.05) is 12.1 Å². The number of likely N-dealkylation sites (tertiary alicyclic amines) is 1. The van der Waals surface area contributed by atoms with Crippen LogP contribution < -0.4 is 10.5 Å². The molecule has 1 amide bonds. The van der Waals surface area contributed by atoms with E-state index in [0.717, 1.165) is 24.9 Å². The first-order valence-corrected chi connectivity index (χ1v) is 10.1. The Morgan fingerprint density at radius 1 is 1.34 bits per heavy atom. The fraction of sp³-hybridized carbons (Fsp3) is 0.333. The van der Waals surface area contributed by atoms with Gasteiger partial charge < -0.3 is 25.0 Å². The number of methoxy groups -OCH3 is 1. The third-order valence-corrected chi connectivity index (χ3v) is 5.20. The first-order chi connectivity index (χ1) is 15.5. The molecule has 1 saturated heterocycles. The molecule has 3 heterocycles. The van der Waals surface area contributed by atoms with Gasteiger partial charge in [-0.1, -0.05) is 17.3 Å². The third kappa shape index (κ3) is 5.08. The zero-order chi connectivity index (χ0) is 22.5. The number of aromatic nitrogens is 3. The third-order valence-electron chi connectivity index (χ3n) is 5.20. The van der Waals surface area contributed by atoms with Crippen molar-refractivity contribution < 1.29 is 19.3 Å². The minimum Gasteiger partial charge on any atom is -0.733 e. The molecule has 168 valence electrons. The van der Waals surface area contributed by atoms with Crippen LogP contribution in [0.15, 0.2) is 47.1 Å². The van der Waals surface area contributed by atoms with E-state index in [2.05, 4.69) is 25.3 Å². The van der Waals surface area contributed by atoms with Crippen LogP contribution in [0.2, 0.25) is 0 Å². The van der Waals surface area contributed by atoms with Crippen LogP contribution in [0, 0.1) is 5.21 Å². The first-order valence-electron chi connectivity index (χ1n) is 10.1. The maximum atomic E-state index is 11.6. The molecule has 32 heavy (non-hydrogen) atoms. The van der Waals surface area contributed by atoms with Crippen molar-refractivity contribution >= 4 is 17.4 Å². The molecule has 1 aliphatic rings. The summed E-state index contributed by atoms with van der Waals surface area (Å²) in [4.78, 5) is 22.6. The summed E-state index contributed by atoms with van der Waals surface area (Å²) >= 11 is 0. The molecular weight excluding hydrogens is 416 g/mol. The summed E-state index contributed by atoms with van der Waals surface area (Å²) in [7, 11) is 1.45. The summed E-state index contributed by atoms with van der Waals surface area (Å²) in [5, 5.41) is 26.5. The Hall–Kier alpha value is -3.38. The van der Waals surface area contributed by atoms with Crippen molar-refractivity contribution in [1.82, 2.24) is 20.0 Å². The smallest absolute Gasteiger partial charge is 0.251 e. The Morgan fingerprint density at radius 2 is 2.16 bits per heavy atom. The number of carbonyl (C=O) groups is 1. The minimum atomic E-state index is -0.285. The van der Waals surface area contributed by atoms with Gasteiger partial charge in [0, 0.05) is 25.4 Å². The van der Waals surface area contributed by atoms with Gasteiger partial charge in [0.05, 0.1) is 11.7 Å². The molecule has 0 saturated carbocycles. The van der Waals surface area contributed by atoms with Crippen molar-refractivity contribution in [2.45, 2.75) is 25.4 Å². The molecule has 0 spiro atoms. The highest BCUT2D eigenvalue weighted by Crippen LogP contribution is 2.33. The van der Waals surface area contributed by atoms with Gasteiger partial charge in [0.1, 0.15) is 12.4 Å². The molecule has 0 bridgehead atoms. The summed E-state index contributed by atoms with van der Waals surface area (Å²) in [6, 6.07) is 10.2. The van der Waals surface area contributed by atoms with Crippen LogP contribution >= 0.6 is 0 Å². The number of amides is 1. The van der Waals surface area contributed by atoms with Gasteiger partial charge in [0.25, 0.3) is 5.91 Å². The second-order valence-electron chi connectivity index (χ2n) is 7.44. The Bertz CT molecular complexity index is 1040. The number of hydrogen-bond acceptors (Lipinski definition) is 10. The van der Waals surface area contributed by atoms with Gasteiger partial charge in [-0.15, -0.1) is 0 Å². The highest BCUT2D eigenvalue weighted by Gasteiger charge is 2.30. The minimum absolute atomic E-state index is 0.00894. The predicted molar refractivity (Wildman–Crippen MR) is 114 cm³/mol. The Kier molecular flexibility index (Phi) is 6.71. The van der Waals surface area contributed by atoms with E-state index in [1.165, 1.54) is 7.11 Å². The maximum absolute atomic E-state index is 11.6. The topological polar surface area (TPSA) is 140 Å². The number of hydrogen-bond donors (Lipinski definition) is 2. The van der Waals surface area contributed by atoms with Gasteiger partial charge in [-0.05, 0) is 49.2 Å². The van der Waals surface area contributed by atoms with Gasteiger partial charge in [-0.3, -0.25) is 14.9 Å². The van der Waals surface area contributed by atoms with Gasteiger partial charge in [-0.2, -0.15) is 4.98 Å². The zero-order valence-electron chi connectivity index (χ0n) is 17.5. The number of carbonyl (C=O) groups excluding carboxylic acids is 1. The fourth-order valence-corrected chi connectivity index (χ4v) is 3.66. The highest BCUT2D eigenvalue weighted by molar-refractivity contribution is 5.90. The number of nitrogens with one attached hydrogen (secondary N) is 1. The highest BCUT2D eigenvalue weighted by atomic mass is 16.8. The summed E-state index contributed by atoms with van der Waals surface area (Å²) < 4.78 is 10.3. The van der Waals surface area contributed by atoms with Crippen LogP contribution in [0.25, 0.3) is 11.4 Å². The van der Waals surface area contributed by atoms with Gasteiger partial charge >= 0.3 is 0 Å². The molecule has 11 heteroatoms. The lowest BCUT2D eigenvalue weighted by Gasteiger charge is -2.23. The van der Waals surface area contributed by atoms with Crippen molar-refractivity contribution in [1.29, 1.82) is 0 Å². The summed E-state index contributed by atoms with van der Waals surface area (Å²) in [6.07, 6.45) is 3.47. The first kappa shape index (κ1) is 21.8. The number of benzene rings is 1. The number of nitrogens with zero attached hydrogens (tertiary/aromatic N) is 5. The van der Waals surface area contributed by atoms with Crippen LogP contribution in [-0.2, 0) is 16.1 Å². The lowest BCUT2D eigenvalue weighted by atomic mass is 10.1.